The van der Waals surface area contributed by atoms with Crippen molar-refractivity contribution in [2.75, 3.05) is 47.5 Å². The first-order valence-corrected chi connectivity index (χ1v) is 19.7. The van der Waals surface area contributed by atoms with Crippen molar-refractivity contribution in [2.45, 2.75) is 142 Å². The molecule has 1 aromatic rings. The standard InChI is InChI=1S/C37H68NO6P/c1-6-8-9-10-11-12-13-14-15-16-17-18-19-20-21-24-29-42-37-27-23-22-26-35(37)31-34(32-36(39)25-7-2)33-44-45(40,41)43-30-28-38(3,4)5/h22-23,26-27,34H,6-21,24-25,28-33H2,1-5H3. The number of phosphoric ester groups is 1. The fourth-order valence-corrected chi connectivity index (χ4v) is 6.28. The lowest BCUT2D eigenvalue weighted by Crippen LogP contribution is -2.37. The molecule has 2 unspecified atom stereocenters. The molecule has 8 heteroatoms. The third kappa shape index (κ3) is 24.6. The van der Waals surface area contributed by atoms with E-state index in [1.54, 1.807) is 0 Å². The van der Waals surface area contributed by atoms with Gasteiger partial charge in [0.05, 0.1) is 34.4 Å². The summed E-state index contributed by atoms with van der Waals surface area (Å²) in [5.74, 6) is 0.633. The first-order valence-electron chi connectivity index (χ1n) is 18.2. The van der Waals surface area contributed by atoms with Crippen molar-refractivity contribution in [3.8, 4) is 5.75 Å². The molecule has 0 amide bonds. The predicted molar refractivity (Wildman–Crippen MR) is 186 cm³/mol. The van der Waals surface area contributed by atoms with Crippen LogP contribution in [0.2, 0.25) is 0 Å². The van der Waals surface area contributed by atoms with Crippen LogP contribution in [0.3, 0.4) is 0 Å². The van der Waals surface area contributed by atoms with Crippen LogP contribution < -0.4 is 9.63 Å². The van der Waals surface area contributed by atoms with Gasteiger partial charge in [0.1, 0.15) is 24.7 Å². The minimum absolute atomic E-state index is 0.0553. The lowest BCUT2D eigenvalue weighted by Gasteiger charge is -2.28. The van der Waals surface area contributed by atoms with Gasteiger partial charge in [0.2, 0.25) is 0 Å². The summed E-state index contributed by atoms with van der Waals surface area (Å²) < 4.78 is 29.5. The number of likely N-dealkylation sites (N-methyl/N-ethyl adjacent to an activating group) is 1. The van der Waals surface area contributed by atoms with Gasteiger partial charge in [0, 0.05) is 12.8 Å². The number of ether oxygens (including phenoxy) is 1. The molecule has 0 bridgehead atoms. The third-order valence-electron chi connectivity index (χ3n) is 8.26. The second kappa shape index (κ2) is 25.8. The number of carbonyl (C=O) groups excluding carboxylic acids is 1. The average Bonchev–Trinajstić information content (AvgIpc) is 2.97. The van der Waals surface area contributed by atoms with E-state index in [4.69, 9.17) is 13.8 Å². The molecule has 0 heterocycles. The van der Waals surface area contributed by atoms with Crippen LogP contribution in [0.25, 0.3) is 0 Å². The van der Waals surface area contributed by atoms with Crippen molar-refractivity contribution in [1.82, 2.24) is 0 Å². The van der Waals surface area contributed by atoms with E-state index in [1.807, 2.05) is 52.3 Å². The van der Waals surface area contributed by atoms with Gasteiger partial charge in [-0.2, -0.15) is 0 Å². The highest BCUT2D eigenvalue weighted by atomic mass is 31.2. The van der Waals surface area contributed by atoms with Crippen molar-refractivity contribution < 1.29 is 32.5 Å². The topological polar surface area (TPSA) is 84.9 Å². The number of ketones is 1. The maximum absolute atomic E-state index is 12.5. The Morgan fingerprint density at radius 3 is 1.82 bits per heavy atom. The summed E-state index contributed by atoms with van der Waals surface area (Å²) in [6, 6.07) is 7.86. The van der Waals surface area contributed by atoms with Crippen molar-refractivity contribution in [2.24, 2.45) is 5.92 Å². The first kappa shape index (κ1) is 41.8. The lowest BCUT2D eigenvalue weighted by atomic mass is 9.93. The molecule has 1 aromatic carbocycles. The summed E-state index contributed by atoms with van der Waals surface area (Å²) in [5.41, 5.74) is 0.971. The van der Waals surface area contributed by atoms with E-state index >= 15 is 0 Å². The number of nitrogens with zero attached hydrogens (tertiary/aromatic N) is 1. The number of Topliss-reactive ketones (excluding diaryl/α,β-unsaturated/α-hetero) is 1. The number of hydrogen-bond donors (Lipinski definition) is 0. The molecule has 1 rings (SSSR count). The van der Waals surface area contributed by atoms with E-state index < -0.39 is 7.82 Å². The van der Waals surface area contributed by atoms with Gasteiger partial charge in [0.25, 0.3) is 7.82 Å². The van der Waals surface area contributed by atoms with Gasteiger partial charge in [-0.25, -0.2) is 0 Å². The van der Waals surface area contributed by atoms with Crippen LogP contribution >= 0.6 is 7.82 Å². The zero-order chi connectivity index (χ0) is 33.2. The largest absolute Gasteiger partial charge is 0.756 e. The van der Waals surface area contributed by atoms with Crippen molar-refractivity contribution in [1.29, 1.82) is 0 Å². The van der Waals surface area contributed by atoms with Crippen LogP contribution in [0, 0.1) is 5.92 Å². The van der Waals surface area contributed by atoms with E-state index in [1.165, 1.54) is 89.9 Å². The van der Waals surface area contributed by atoms with E-state index in [9.17, 15) is 14.3 Å². The van der Waals surface area contributed by atoms with Gasteiger partial charge in [-0.05, 0) is 36.8 Å². The number of phosphoric acid groups is 1. The smallest absolute Gasteiger partial charge is 0.268 e. The molecular weight excluding hydrogens is 585 g/mol. The van der Waals surface area contributed by atoms with Gasteiger partial charge in [0.15, 0.2) is 0 Å². The summed E-state index contributed by atoms with van der Waals surface area (Å²) in [7, 11) is 1.44. The second-order valence-electron chi connectivity index (χ2n) is 13.9. The molecular formula is C37H68NO6P. The van der Waals surface area contributed by atoms with E-state index in [2.05, 4.69) is 6.92 Å². The highest BCUT2D eigenvalue weighted by molar-refractivity contribution is 7.45. The molecule has 0 radical (unpaired) electrons. The van der Waals surface area contributed by atoms with Crippen molar-refractivity contribution in [3.05, 3.63) is 29.8 Å². The summed E-state index contributed by atoms with van der Waals surface area (Å²) in [6.45, 7) is 5.41. The molecule has 0 N–H and O–H groups in total. The molecule has 45 heavy (non-hydrogen) atoms. The number of quaternary nitrogens is 1. The van der Waals surface area contributed by atoms with E-state index in [-0.39, 0.29) is 31.3 Å². The monoisotopic (exact) mass is 653 g/mol. The van der Waals surface area contributed by atoms with Crippen LogP contribution in [0.15, 0.2) is 24.3 Å². The van der Waals surface area contributed by atoms with Gasteiger partial charge >= 0.3 is 0 Å². The Morgan fingerprint density at radius 2 is 1.29 bits per heavy atom. The molecule has 2 atom stereocenters. The highest BCUT2D eigenvalue weighted by Gasteiger charge is 2.21. The Kier molecular flexibility index (Phi) is 24.0. The lowest BCUT2D eigenvalue weighted by molar-refractivity contribution is -0.870. The molecule has 0 spiro atoms. The predicted octanol–water partition coefficient (Wildman–Crippen LogP) is 9.45. The van der Waals surface area contributed by atoms with Crippen molar-refractivity contribution in [3.63, 3.8) is 0 Å². The summed E-state index contributed by atoms with van der Waals surface area (Å²) in [5, 5.41) is 0. The normalized spacial score (nSPS) is 13.9. The van der Waals surface area contributed by atoms with Gasteiger partial charge in [-0.15, -0.1) is 0 Å². The number of hydrogen-bond acceptors (Lipinski definition) is 6. The van der Waals surface area contributed by atoms with Crippen LogP contribution in [0.4, 0.5) is 0 Å². The second-order valence-corrected chi connectivity index (χ2v) is 15.3. The minimum Gasteiger partial charge on any atom is -0.756 e. The van der Waals surface area contributed by atoms with Gasteiger partial charge in [-0.3, -0.25) is 9.36 Å². The fraction of sp³-hybridized carbons (Fsp3) is 0.811. The molecule has 0 saturated heterocycles. The molecule has 0 fully saturated rings. The highest BCUT2D eigenvalue weighted by Crippen LogP contribution is 2.39. The maximum Gasteiger partial charge on any atom is 0.268 e. The molecule has 0 aliphatic carbocycles. The molecule has 262 valence electrons. The van der Waals surface area contributed by atoms with Crippen LogP contribution in [-0.4, -0.2) is 57.8 Å². The number of unbranched alkanes of at least 4 members (excludes halogenated alkanes) is 15. The number of benzene rings is 1. The molecule has 0 aliphatic heterocycles. The van der Waals surface area contributed by atoms with Gasteiger partial charge in [-0.1, -0.05) is 128 Å². The summed E-state index contributed by atoms with van der Waals surface area (Å²) in [4.78, 5) is 24.9. The Labute approximate surface area is 277 Å². The molecule has 0 aromatic heterocycles. The number of carbonyl (C=O) groups is 1. The number of rotatable bonds is 31. The Balaban J connectivity index is 2.36. The fourth-order valence-electron chi connectivity index (χ4n) is 5.51. The quantitative estimate of drug-likeness (QED) is 0.0451. The average molecular weight is 654 g/mol. The first-order chi connectivity index (χ1) is 21.6. The SMILES string of the molecule is CCCCCCCCCCCCCCCCCCOc1ccccc1CC(COP(=O)([O-])OCC[N+](C)(C)C)CC(=O)CCC. The maximum atomic E-state index is 12.5. The Bertz CT molecular complexity index is 918. The molecule has 0 saturated carbocycles. The Hall–Kier alpha value is -1.24. The third-order valence-corrected chi connectivity index (χ3v) is 9.23. The number of para-hydroxylation sites is 1. The zero-order valence-electron chi connectivity index (χ0n) is 29.7. The van der Waals surface area contributed by atoms with Crippen LogP contribution in [0.1, 0.15) is 141 Å². The van der Waals surface area contributed by atoms with E-state index in [0.717, 1.165) is 30.6 Å². The van der Waals surface area contributed by atoms with Gasteiger partial charge < -0.3 is 23.2 Å². The Morgan fingerprint density at radius 1 is 0.756 bits per heavy atom. The molecule has 0 aliphatic rings. The minimum atomic E-state index is -4.46. The zero-order valence-corrected chi connectivity index (χ0v) is 30.6. The van der Waals surface area contributed by atoms with Crippen LogP contribution in [0.5, 0.6) is 5.75 Å². The van der Waals surface area contributed by atoms with Crippen molar-refractivity contribution >= 4 is 13.6 Å². The molecule has 7 nitrogen and oxygen atoms in total. The van der Waals surface area contributed by atoms with Crippen LogP contribution in [-0.2, 0) is 24.8 Å². The summed E-state index contributed by atoms with van der Waals surface area (Å²) >= 11 is 0. The van der Waals surface area contributed by atoms with E-state index in [0.29, 0.717) is 30.5 Å². The summed E-state index contributed by atoms with van der Waals surface area (Å²) in [6.07, 6.45) is 23.4.